The molecule has 3 heterocycles. The Labute approximate surface area is 210 Å². The van der Waals surface area contributed by atoms with Crippen molar-refractivity contribution in [1.82, 2.24) is 24.8 Å². The highest BCUT2D eigenvalue weighted by molar-refractivity contribution is 5.96. The molecule has 1 saturated carbocycles. The maximum atomic E-state index is 13.1. The summed E-state index contributed by atoms with van der Waals surface area (Å²) < 4.78 is 7.44. The number of hydrogen-bond donors (Lipinski definition) is 2. The fourth-order valence-electron chi connectivity index (χ4n) is 5.12. The van der Waals surface area contributed by atoms with Crippen molar-refractivity contribution < 1.29 is 9.53 Å². The quantitative estimate of drug-likeness (QED) is 0.524. The van der Waals surface area contributed by atoms with E-state index in [1.165, 1.54) is 25.2 Å². The first kappa shape index (κ1) is 24.4. The monoisotopic (exact) mass is 490 g/mol. The summed E-state index contributed by atoms with van der Waals surface area (Å²) in [6.07, 6.45) is 9.68. The number of amides is 1. The van der Waals surface area contributed by atoms with Crippen LogP contribution in [0.1, 0.15) is 54.1 Å². The molecule has 1 saturated heterocycles. The van der Waals surface area contributed by atoms with E-state index < -0.39 is 0 Å². The van der Waals surface area contributed by atoms with Gasteiger partial charge in [0.1, 0.15) is 11.2 Å². The van der Waals surface area contributed by atoms with E-state index in [4.69, 9.17) is 9.72 Å². The maximum absolute atomic E-state index is 13.1. The van der Waals surface area contributed by atoms with Crippen LogP contribution in [0.5, 0.6) is 0 Å². The lowest BCUT2D eigenvalue weighted by molar-refractivity contribution is 0.0384. The number of nitrogens with one attached hydrogen (secondary N) is 2. The number of fused-ring (bicyclic) bond motifs is 1. The number of carbonyl (C=O) groups is 1. The number of aromatic nitrogens is 3. The summed E-state index contributed by atoms with van der Waals surface area (Å²) in [5, 5.41) is 6.23. The number of rotatable bonds is 7. The van der Waals surface area contributed by atoms with Crippen molar-refractivity contribution >= 4 is 28.6 Å². The molecule has 5 rings (SSSR count). The third-order valence-electron chi connectivity index (χ3n) is 7.24. The molecule has 1 aliphatic heterocycles. The molecule has 2 aromatic heterocycles. The molecule has 0 radical (unpaired) electrons. The van der Waals surface area contributed by atoms with Crippen molar-refractivity contribution in [3.05, 3.63) is 58.0 Å². The highest BCUT2D eigenvalue weighted by atomic mass is 16.5. The predicted molar refractivity (Wildman–Crippen MR) is 140 cm³/mol. The number of hydrogen-bond acceptors (Lipinski definition) is 7. The zero-order valence-electron chi connectivity index (χ0n) is 20.8. The van der Waals surface area contributed by atoms with Gasteiger partial charge in [0.15, 0.2) is 0 Å². The molecule has 0 atom stereocenters. The lowest BCUT2D eigenvalue weighted by Gasteiger charge is -2.26. The smallest absolute Gasteiger partial charge is 0.256 e. The third kappa shape index (κ3) is 5.42. The van der Waals surface area contributed by atoms with Gasteiger partial charge in [-0.3, -0.25) is 14.5 Å². The molecule has 2 fully saturated rings. The van der Waals surface area contributed by atoms with Crippen molar-refractivity contribution in [3.63, 3.8) is 0 Å². The minimum absolute atomic E-state index is 0.132. The second-order valence-electron chi connectivity index (χ2n) is 9.61. The molecular formula is C27H34N6O3. The van der Waals surface area contributed by atoms with Crippen molar-refractivity contribution in [3.8, 4) is 0 Å². The van der Waals surface area contributed by atoms with Crippen LogP contribution in [0.3, 0.4) is 0 Å². The normalized spacial score (nSPS) is 17.2. The van der Waals surface area contributed by atoms with E-state index in [1.54, 1.807) is 6.20 Å². The lowest BCUT2D eigenvalue weighted by Crippen LogP contribution is -2.37. The van der Waals surface area contributed by atoms with E-state index in [0.29, 0.717) is 17.0 Å². The van der Waals surface area contributed by atoms with Crippen molar-refractivity contribution in [2.24, 2.45) is 0 Å². The van der Waals surface area contributed by atoms with E-state index in [9.17, 15) is 9.59 Å². The maximum Gasteiger partial charge on any atom is 0.256 e. The average molecular weight is 491 g/mol. The Kier molecular flexibility index (Phi) is 7.58. The molecule has 0 spiro atoms. The Hall–Kier alpha value is -3.30. The van der Waals surface area contributed by atoms with Crippen LogP contribution in [0.4, 0.5) is 11.6 Å². The van der Waals surface area contributed by atoms with Gasteiger partial charge >= 0.3 is 0 Å². The zero-order valence-corrected chi connectivity index (χ0v) is 20.8. The molecule has 2 aliphatic rings. The Morgan fingerprint density at radius 3 is 2.58 bits per heavy atom. The number of nitrogens with zero attached hydrogens (tertiary/aromatic N) is 4. The summed E-state index contributed by atoms with van der Waals surface area (Å²) in [7, 11) is 1.54. The van der Waals surface area contributed by atoms with E-state index in [1.807, 2.05) is 16.7 Å². The van der Waals surface area contributed by atoms with Gasteiger partial charge in [0, 0.05) is 50.8 Å². The minimum atomic E-state index is -0.387. The van der Waals surface area contributed by atoms with Crippen LogP contribution in [-0.2, 0) is 11.2 Å². The van der Waals surface area contributed by atoms with Crippen LogP contribution in [0.15, 0.2) is 41.5 Å². The highest BCUT2D eigenvalue weighted by Crippen LogP contribution is 2.30. The highest BCUT2D eigenvalue weighted by Gasteiger charge is 2.22. The van der Waals surface area contributed by atoms with Crippen LogP contribution < -0.4 is 16.1 Å². The Morgan fingerprint density at radius 1 is 1.11 bits per heavy atom. The molecule has 9 heteroatoms. The summed E-state index contributed by atoms with van der Waals surface area (Å²) in [5.41, 5.74) is 2.52. The minimum Gasteiger partial charge on any atom is -0.379 e. The number of benzene rings is 1. The lowest BCUT2D eigenvalue weighted by atomic mass is 9.95. The summed E-state index contributed by atoms with van der Waals surface area (Å²) in [5.74, 6) is 0.0441. The molecule has 36 heavy (non-hydrogen) atoms. The van der Waals surface area contributed by atoms with Crippen LogP contribution >= 0.6 is 0 Å². The van der Waals surface area contributed by atoms with E-state index in [-0.39, 0.29) is 22.9 Å². The first-order valence-corrected chi connectivity index (χ1v) is 12.9. The summed E-state index contributed by atoms with van der Waals surface area (Å²) >= 11 is 0. The Morgan fingerprint density at radius 2 is 1.86 bits per heavy atom. The second-order valence-corrected chi connectivity index (χ2v) is 9.61. The van der Waals surface area contributed by atoms with Gasteiger partial charge in [-0.1, -0.05) is 31.4 Å². The van der Waals surface area contributed by atoms with Crippen molar-refractivity contribution in [2.75, 3.05) is 45.2 Å². The topological polar surface area (TPSA) is 101 Å². The number of ether oxygens (including phenoxy) is 1. The van der Waals surface area contributed by atoms with Gasteiger partial charge in [-0.15, -0.1) is 0 Å². The average Bonchev–Trinajstić information content (AvgIpc) is 2.93. The molecule has 1 aliphatic carbocycles. The van der Waals surface area contributed by atoms with Gasteiger partial charge in [-0.2, -0.15) is 4.98 Å². The summed E-state index contributed by atoms with van der Waals surface area (Å²) in [6, 6.07) is 8.52. The molecule has 1 aromatic carbocycles. The fourth-order valence-corrected chi connectivity index (χ4v) is 5.12. The third-order valence-corrected chi connectivity index (χ3v) is 7.24. The van der Waals surface area contributed by atoms with Crippen LogP contribution in [-0.4, -0.2) is 65.2 Å². The molecule has 0 bridgehead atoms. The van der Waals surface area contributed by atoms with Crippen LogP contribution in [0, 0.1) is 0 Å². The number of morpholine rings is 1. The van der Waals surface area contributed by atoms with Gasteiger partial charge in [0.05, 0.1) is 18.6 Å². The van der Waals surface area contributed by atoms with Gasteiger partial charge in [0.2, 0.25) is 11.4 Å². The molecule has 190 valence electrons. The van der Waals surface area contributed by atoms with Crippen molar-refractivity contribution in [1.29, 1.82) is 0 Å². The van der Waals surface area contributed by atoms with Gasteiger partial charge in [-0.25, -0.2) is 4.98 Å². The van der Waals surface area contributed by atoms with Gasteiger partial charge in [0.25, 0.3) is 5.91 Å². The first-order valence-electron chi connectivity index (χ1n) is 12.9. The van der Waals surface area contributed by atoms with Crippen LogP contribution in [0.25, 0.3) is 11.0 Å². The zero-order chi connectivity index (χ0) is 24.9. The first-order chi connectivity index (χ1) is 17.6. The molecule has 1 amide bonds. The van der Waals surface area contributed by atoms with E-state index in [2.05, 4.69) is 32.7 Å². The van der Waals surface area contributed by atoms with E-state index >= 15 is 0 Å². The molecule has 2 N–H and O–H groups in total. The van der Waals surface area contributed by atoms with E-state index in [0.717, 1.165) is 70.6 Å². The van der Waals surface area contributed by atoms with Gasteiger partial charge < -0.3 is 19.9 Å². The summed E-state index contributed by atoms with van der Waals surface area (Å²) in [4.78, 5) is 37.0. The van der Waals surface area contributed by atoms with Crippen molar-refractivity contribution in [2.45, 2.75) is 44.6 Å². The standard InChI is InChI=1S/C27H34N6O3/c1-28-26(35)23-18-33(21-5-3-2-4-6-21)25-22(24(23)34)17-29-27(31-25)30-20-9-7-19(8-10-20)11-12-32-13-15-36-16-14-32/h7-10,17-18,21H,2-6,11-16H2,1H3,(H,28,35)(H,29,30,31). The molecule has 3 aromatic rings. The number of anilines is 2. The number of pyridine rings is 1. The molecular weight excluding hydrogens is 456 g/mol. The van der Waals surface area contributed by atoms with Gasteiger partial charge in [-0.05, 0) is 37.0 Å². The fraction of sp³-hybridized carbons (Fsp3) is 0.481. The SMILES string of the molecule is CNC(=O)c1cn(C2CCCCC2)c2nc(Nc3ccc(CCN4CCOCC4)cc3)ncc2c1=O. The molecule has 0 unspecified atom stereocenters. The molecule has 9 nitrogen and oxygen atoms in total. The van der Waals surface area contributed by atoms with Crippen LogP contribution in [0.2, 0.25) is 0 Å². The Balaban J connectivity index is 1.38. The predicted octanol–water partition coefficient (Wildman–Crippen LogP) is 3.27. The Bertz CT molecular complexity index is 1260. The summed E-state index contributed by atoms with van der Waals surface area (Å²) in [6.45, 7) is 4.65. The number of carbonyl (C=O) groups excluding carboxylic acids is 1. The largest absolute Gasteiger partial charge is 0.379 e. The second kappa shape index (κ2) is 11.2.